The molecule has 1 N–H and O–H groups in total. The molecule has 0 atom stereocenters. The molecular weight excluding hydrogens is 178 g/mol. The Kier molecular flexibility index (Phi) is 2.52. The summed E-state index contributed by atoms with van der Waals surface area (Å²) in [6.07, 6.45) is 5.30. The van der Waals surface area contributed by atoms with Crippen molar-refractivity contribution < 1.29 is 9.90 Å². The number of rotatable bonds is 2. The van der Waals surface area contributed by atoms with E-state index in [0.29, 0.717) is 5.92 Å². The average Bonchev–Trinajstić information content (AvgIpc) is 2.13. The molecule has 80 valence electrons. The van der Waals surface area contributed by atoms with Crippen molar-refractivity contribution >= 4 is 5.97 Å². The molecule has 0 radical (unpaired) electrons. The van der Waals surface area contributed by atoms with Crippen LogP contribution in [0.3, 0.4) is 0 Å². The fourth-order valence-corrected chi connectivity index (χ4v) is 2.98. The summed E-state index contributed by atoms with van der Waals surface area (Å²) >= 11 is 0. The van der Waals surface area contributed by atoms with E-state index in [4.69, 9.17) is 0 Å². The number of piperidine rings is 1. The van der Waals surface area contributed by atoms with E-state index in [1.807, 2.05) is 0 Å². The highest BCUT2D eigenvalue weighted by Gasteiger charge is 2.52. The number of nitrogens with zero attached hydrogens (tertiary/aromatic N) is 1. The molecule has 1 aliphatic carbocycles. The molecule has 0 aromatic rings. The summed E-state index contributed by atoms with van der Waals surface area (Å²) in [6.45, 7) is 4.11. The Morgan fingerprint density at radius 1 is 1.29 bits per heavy atom. The number of carboxylic acid groups (broad SMARTS) is 1. The maximum Gasteiger partial charge on any atom is 0.324 e. The van der Waals surface area contributed by atoms with Gasteiger partial charge in [-0.1, -0.05) is 13.3 Å². The van der Waals surface area contributed by atoms with Crippen LogP contribution in [-0.4, -0.2) is 34.6 Å². The first-order valence-corrected chi connectivity index (χ1v) is 5.63. The van der Waals surface area contributed by atoms with Crippen LogP contribution in [0, 0.1) is 5.92 Å². The Labute approximate surface area is 85.1 Å². The van der Waals surface area contributed by atoms with E-state index in [-0.39, 0.29) is 0 Å². The van der Waals surface area contributed by atoms with Gasteiger partial charge in [0, 0.05) is 0 Å². The first-order chi connectivity index (χ1) is 6.65. The highest BCUT2D eigenvalue weighted by molar-refractivity contribution is 5.80. The van der Waals surface area contributed by atoms with Crippen molar-refractivity contribution in [3.8, 4) is 0 Å². The Bertz CT molecular complexity index is 227. The van der Waals surface area contributed by atoms with Gasteiger partial charge in [0.05, 0.1) is 0 Å². The summed E-state index contributed by atoms with van der Waals surface area (Å²) < 4.78 is 0. The molecule has 0 aromatic heterocycles. The lowest BCUT2D eigenvalue weighted by atomic mass is 9.67. The molecular formula is C11H19NO2. The molecule has 0 bridgehead atoms. The predicted octanol–water partition coefficient (Wildman–Crippen LogP) is 1.73. The Hall–Kier alpha value is -0.570. The molecule has 0 amide bonds. The third kappa shape index (κ3) is 1.44. The molecule has 0 aromatic carbocycles. The maximum atomic E-state index is 11.3. The number of carboxylic acids is 1. The second-order valence-corrected chi connectivity index (χ2v) is 4.90. The average molecular weight is 197 g/mol. The van der Waals surface area contributed by atoms with Crippen LogP contribution in [0.1, 0.15) is 39.0 Å². The van der Waals surface area contributed by atoms with Gasteiger partial charge in [-0.3, -0.25) is 9.69 Å². The lowest BCUT2D eigenvalue weighted by Gasteiger charge is -2.51. The van der Waals surface area contributed by atoms with Gasteiger partial charge < -0.3 is 5.11 Å². The zero-order valence-electron chi connectivity index (χ0n) is 8.83. The Morgan fingerprint density at radius 3 is 2.29 bits per heavy atom. The van der Waals surface area contributed by atoms with Gasteiger partial charge in [0.1, 0.15) is 5.54 Å². The van der Waals surface area contributed by atoms with E-state index < -0.39 is 11.5 Å². The SMILES string of the molecule is CC1CC(C(=O)O)(N2CCCCC2)C1. The zero-order chi connectivity index (χ0) is 10.2. The number of hydrogen-bond donors (Lipinski definition) is 1. The minimum absolute atomic E-state index is 0.486. The van der Waals surface area contributed by atoms with E-state index in [1.165, 1.54) is 19.3 Å². The van der Waals surface area contributed by atoms with Crippen molar-refractivity contribution in [3.63, 3.8) is 0 Å². The van der Waals surface area contributed by atoms with Crippen LogP contribution in [0.25, 0.3) is 0 Å². The van der Waals surface area contributed by atoms with Crippen LogP contribution in [-0.2, 0) is 4.79 Å². The van der Waals surface area contributed by atoms with Gasteiger partial charge >= 0.3 is 5.97 Å². The normalized spacial score (nSPS) is 39.1. The van der Waals surface area contributed by atoms with Crippen molar-refractivity contribution in [2.45, 2.75) is 44.6 Å². The summed E-state index contributed by atoms with van der Waals surface area (Å²) in [5.41, 5.74) is -0.486. The van der Waals surface area contributed by atoms with Crippen molar-refractivity contribution in [1.82, 2.24) is 4.90 Å². The maximum absolute atomic E-state index is 11.3. The van der Waals surface area contributed by atoms with Crippen LogP contribution in [0.5, 0.6) is 0 Å². The largest absolute Gasteiger partial charge is 0.480 e. The summed E-state index contributed by atoms with van der Waals surface area (Å²) in [5.74, 6) is -0.00877. The first-order valence-electron chi connectivity index (χ1n) is 5.63. The fraction of sp³-hybridized carbons (Fsp3) is 0.909. The van der Waals surface area contributed by atoms with E-state index in [0.717, 1.165) is 25.9 Å². The number of aliphatic carboxylic acids is 1. The molecule has 0 spiro atoms. The highest BCUT2D eigenvalue weighted by Crippen LogP contribution is 2.43. The third-order valence-corrected chi connectivity index (χ3v) is 3.73. The second-order valence-electron chi connectivity index (χ2n) is 4.90. The van der Waals surface area contributed by atoms with Gasteiger partial charge in [-0.05, 0) is 44.7 Å². The van der Waals surface area contributed by atoms with Crippen LogP contribution in [0.15, 0.2) is 0 Å². The molecule has 2 rings (SSSR count). The van der Waals surface area contributed by atoms with Crippen molar-refractivity contribution in [1.29, 1.82) is 0 Å². The standard InChI is InChI=1S/C11H19NO2/c1-9-7-11(8-9,10(13)14)12-5-3-2-4-6-12/h9H,2-8H2,1H3,(H,13,14). The number of carbonyl (C=O) groups is 1. The minimum atomic E-state index is -0.600. The van der Waals surface area contributed by atoms with Crippen molar-refractivity contribution in [2.75, 3.05) is 13.1 Å². The molecule has 1 saturated carbocycles. The molecule has 1 heterocycles. The van der Waals surface area contributed by atoms with Gasteiger partial charge in [-0.25, -0.2) is 0 Å². The summed E-state index contributed by atoms with van der Waals surface area (Å²) in [7, 11) is 0. The number of hydrogen-bond acceptors (Lipinski definition) is 2. The Morgan fingerprint density at radius 2 is 1.86 bits per heavy atom. The molecule has 1 aliphatic heterocycles. The molecule has 1 saturated heterocycles. The molecule has 0 unspecified atom stereocenters. The summed E-state index contributed by atoms with van der Waals surface area (Å²) in [4.78, 5) is 13.5. The monoisotopic (exact) mass is 197 g/mol. The van der Waals surface area contributed by atoms with Crippen molar-refractivity contribution in [2.24, 2.45) is 5.92 Å². The van der Waals surface area contributed by atoms with Gasteiger partial charge in [0.25, 0.3) is 0 Å². The van der Waals surface area contributed by atoms with Crippen LogP contribution >= 0.6 is 0 Å². The predicted molar refractivity (Wildman–Crippen MR) is 54.2 cm³/mol. The highest BCUT2D eigenvalue weighted by atomic mass is 16.4. The molecule has 2 aliphatic rings. The topological polar surface area (TPSA) is 40.5 Å². The number of likely N-dealkylation sites (tertiary alicyclic amines) is 1. The van der Waals surface area contributed by atoms with Crippen LogP contribution < -0.4 is 0 Å². The van der Waals surface area contributed by atoms with E-state index in [1.54, 1.807) is 0 Å². The van der Waals surface area contributed by atoms with Gasteiger partial charge in [-0.15, -0.1) is 0 Å². The third-order valence-electron chi connectivity index (χ3n) is 3.73. The molecule has 14 heavy (non-hydrogen) atoms. The van der Waals surface area contributed by atoms with Gasteiger partial charge in [-0.2, -0.15) is 0 Å². The first kappa shape index (κ1) is 9.97. The van der Waals surface area contributed by atoms with Crippen LogP contribution in [0.4, 0.5) is 0 Å². The zero-order valence-corrected chi connectivity index (χ0v) is 8.83. The molecule has 3 heteroatoms. The lowest BCUT2D eigenvalue weighted by Crippen LogP contribution is -2.63. The van der Waals surface area contributed by atoms with E-state index >= 15 is 0 Å². The van der Waals surface area contributed by atoms with E-state index in [2.05, 4.69) is 11.8 Å². The summed E-state index contributed by atoms with van der Waals surface area (Å²) in [6, 6.07) is 0. The Balaban J connectivity index is 2.07. The van der Waals surface area contributed by atoms with Crippen LogP contribution in [0.2, 0.25) is 0 Å². The summed E-state index contributed by atoms with van der Waals surface area (Å²) in [5, 5.41) is 9.31. The molecule has 2 fully saturated rings. The second kappa shape index (κ2) is 3.54. The van der Waals surface area contributed by atoms with Gasteiger partial charge in [0.2, 0.25) is 0 Å². The smallest absolute Gasteiger partial charge is 0.324 e. The molecule has 3 nitrogen and oxygen atoms in total. The quantitative estimate of drug-likeness (QED) is 0.733. The fourth-order valence-electron chi connectivity index (χ4n) is 2.98. The van der Waals surface area contributed by atoms with E-state index in [9.17, 15) is 9.90 Å². The van der Waals surface area contributed by atoms with Gasteiger partial charge in [0.15, 0.2) is 0 Å². The van der Waals surface area contributed by atoms with Crippen molar-refractivity contribution in [3.05, 3.63) is 0 Å². The minimum Gasteiger partial charge on any atom is -0.480 e. The lowest BCUT2D eigenvalue weighted by molar-refractivity contribution is -0.163.